The quantitative estimate of drug-likeness (QED) is 0.622. The van der Waals surface area contributed by atoms with E-state index in [0.29, 0.717) is 5.75 Å². The number of nitrogens with two attached hydrogens (primary N) is 1. The molecule has 1 atom stereocenters. The predicted octanol–water partition coefficient (Wildman–Crippen LogP) is 2.48. The van der Waals surface area contributed by atoms with Crippen molar-refractivity contribution in [2.24, 2.45) is 5.73 Å². The first kappa shape index (κ1) is 17.2. The molecule has 2 aromatic rings. The van der Waals surface area contributed by atoms with Crippen molar-refractivity contribution in [1.82, 2.24) is 0 Å². The third-order valence-corrected chi connectivity index (χ3v) is 4.37. The van der Waals surface area contributed by atoms with Gasteiger partial charge in [-0.05, 0) is 40.1 Å². The molecule has 0 aliphatic heterocycles. The summed E-state index contributed by atoms with van der Waals surface area (Å²) in [5.74, 6) is -0.110. The number of esters is 1. The van der Waals surface area contributed by atoms with Gasteiger partial charge in [0.1, 0.15) is 18.0 Å². The van der Waals surface area contributed by atoms with E-state index in [0.717, 1.165) is 11.1 Å². The highest BCUT2D eigenvalue weighted by atomic mass is 32.1. The Hall–Kier alpha value is -2.18. The lowest BCUT2D eigenvalue weighted by Gasteiger charge is -2.29. The minimum absolute atomic E-state index is 0.0190. The summed E-state index contributed by atoms with van der Waals surface area (Å²) in [4.78, 5) is 23.5. The van der Waals surface area contributed by atoms with Gasteiger partial charge in [-0.3, -0.25) is 9.59 Å². The molecule has 0 amide bonds. The number of Topliss-reactive ketones (excluding diaryl/α,β-unsaturated/α-hetero) is 1. The molecule has 2 rings (SSSR count). The van der Waals surface area contributed by atoms with Gasteiger partial charge in [0.2, 0.25) is 0 Å². The van der Waals surface area contributed by atoms with Crippen LogP contribution < -0.4 is 10.5 Å². The number of carbonyl (C=O) groups excluding carboxylic acids is 2. The van der Waals surface area contributed by atoms with Gasteiger partial charge >= 0.3 is 5.97 Å². The zero-order valence-corrected chi connectivity index (χ0v) is 13.9. The van der Waals surface area contributed by atoms with Gasteiger partial charge in [-0.1, -0.05) is 12.1 Å². The molecule has 5 nitrogen and oxygen atoms in total. The molecule has 122 valence electrons. The molecule has 0 radical (unpaired) electrons. The van der Waals surface area contributed by atoms with Crippen LogP contribution in [0.5, 0.6) is 5.75 Å². The summed E-state index contributed by atoms with van der Waals surface area (Å²) in [7, 11) is 2.84. The fourth-order valence-electron chi connectivity index (χ4n) is 2.38. The normalized spacial score (nSPS) is 13.2. The van der Waals surface area contributed by atoms with E-state index in [-0.39, 0.29) is 18.6 Å². The molecule has 0 saturated heterocycles. The molecule has 0 saturated carbocycles. The van der Waals surface area contributed by atoms with Crippen molar-refractivity contribution in [3.8, 4) is 5.75 Å². The summed E-state index contributed by atoms with van der Waals surface area (Å²) in [5.41, 5.74) is 7.22. The molecule has 0 aliphatic carbocycles. The van der Waals surface area contributed by atoms with E-state index in [9.17, 15) is 9.59 Å². The van der Waals surface area contributed by atoms with Gasteiger partial charge in [-0.15, -0.1) is 0 Å². The van der Waals surface area contributed by atoms with Crippen molar-refractivity contribution in [2.75, 3.05) is 14.2 Å². The van der Waals surface area contributed by atoms with E-state index in [4.69, 9.17) is 10.5 Å². The van der Waals surface area contributed by atoms with Gasteiger partial charge in [0.15, 0.2) is 0 Å². The van der Waals surface area contributed by atoms with Gasteiger partial charge in [0, 0.05) is 6.42 Å². The fourth-order valence-corrected chi connectivity index (χ4v) is 3.12. The van der Waals surface area contributed by atoms with Crippen molar-refractivity contribution in [1.29, 1.82) is 0 Å². The number of hydrogen-bond donors (Lipinski definition) is 1. The third kappa shape index (κ3) is 3.97. The lowest BCUT2D eigenvalue weighted by atomic mass is 9.80. The van der Waals surface area contributed by atoms with Crippen LogP contribution in [0.25, 0.3) is 0 Å². The molecule has 0 aliphatic rings. The van der Waals surface area contributed by atoms with E-state index in [1.807, 2.05) is 29.0 Å². The van der Waals surface area contributed by atoms with Crippen LogP contribution in [0.1, 0.15) is 24.0 Å². The summed E-state index contributed by atoms with van der Waals surface area (Å²) in [6.07, 6.45) is -0.263. The van der Waals surface area contributed by atoms with Crippen LogP contribution in [-0.4, -0.2) is 26.0 Å². The first-order valence-electron chi connectivity index (χ1n) is 7.04. The maximum absolute atomic E-state index is 12.2. The second-order valence-electron chi connectivity index (χ2n) is 5.18. The van der Waals surface area contributed by atoms with E-state index in [2.05, 4.69) is 4.74 Å². The third-order valence-electron chi connectivity index (χ3n) is 3.69. The minimum atomic E-state index is -0.989. The molecule has 0 bridgehead atoms. The molecule has 1 aromatic heterocycles. The van der Waals surface area contributed by atoms with Gasteiger partial charge in [0.05, 0.1) is 19.8 Å². The largest absolute Gasteiger partial charge is 0.497 e. The predicted molar refractivity (Wildman–Crippen MR) is 88.5 cm³/mol. The Morgan fingerprint density at radius 3 is 2.35 bits per heavy atom. The molecule has 0 spiro atoms. The Balaban J connectivity index is 2.32. The average Bonchev–Trinajstić information content (AvgIpc) is 3.09. The molecule has 1 heterocycles. The summed E-state index contributed by atoms with van der Waals surface area (Å²) in [5, 5.41) is 3.82. The number of ketones is 1. The number of methoxy groups -OCH3 is 2. The zero-order valence-electron chi connectivity index (χ0n) is 13.1. The first-order valence-corrected chi connectivity index (χ1v) is 7.98. The lowest BCUT2D eigenvalue weighted by Crippen LogP contribution is -2.40. The molecule has 2 N–H and O–H groups in total. The van der Waals surface area contributed by atoms with Gasteiger partial charge in [-0.25, -0.2) is 0 Å². The van der Waals surface area contributed by atoms with Crippen molar-refractivity contribution in [2.45, 2.75) is 18.4 Å². The van der Waals surface area contributed by atoms with Crippen LogP contribution in [0.2, 0.25) is 0 Å². The van der Waals surface area contributed by atoms with Gasteiger partial charge in [0.25, 0.3) is 0 Å². The smallest absolute Gasteiger partial charge is 0.313 e. The molecule has 1 aromatic carbocycles. The van der Waals surface area contributed by atoms with Crippen LogP contribution in [0.3, 0.4) is 0 Å². The van der Waals surface area contributed by atoms with E-state index in [1.165, 1.54) is 18.4 Å². The molecule has 1 unspecified atom stereocenters. The lowest BCUT2D eigenvalue weighted by molar-refractivity contribution is -0.143. The zero-order chi connectivity index (χ0) is 16.9. The Bertz CT molecular complexity index is 666. The molecular weight excluding hydrogens is 314 g/mol. The summed E-state index contributed by atoms with van der Waals surface area (Å²) < 4.78 is 9.70. The second kappa shape index (κ2) is 7.39. The minimum Gasteiger partial charge on any atom is -0.497 e. The van der Waals surface area contributed by atoms with E-state index < -0.39 is 11.5 Å². The fraction of sp³-hybridized carbons (Fsp3) is 0.294. The maximum atomic E-state index is 12.2. The first-order chi connectivity index (χ1) is 11.0. The second-order valence-corrected chi connectivity index (χ2v) is 5.96. The highest BCUT2D eigenvalue weighted by molar-refractivity contribution is 7.08. The highest BCUT2D eigenvalue weighted by Gasteiger charge is 2.33. The Morgan fingerprint density at radius 1 is 1.13 bits per heavy atom. The van der Waals surface area contributed by atoms with Crippen LogP contribution in [0.4, 0.5) is 0 Å². The molecule has 6 heteroatoms. The number of hydrogen-bond acceptors (Lipinski definition) is 6. The van der Waals surface area contributed by atoms with Crippen LogP contribution >= 0.6 is 11.3 Å². The highest BCUT2D eigenvalue weighted by Crippen LogP contribution is 2.33. The van der Waals surface area contributed by atoms with E-state index >= 15 is 0 Å². The SMILES string of the molecule is COC(=O)CC(=O)CC(N)(c1ccc(OC)cc1)c1ccsc1. The van der Waals surface area contributed by atoms with Crippen LogP contribution in [-0.2, 0) is 19.9 Å². The molecular formula is C17H19NO4S. The average molecular weight is 333 g/mol. The topological polar surface area (TPSA) is 78.6 Å². The number of carbonyl (C=O) groups is 2. The van der Waals surface area contributed by atoms with E-state index in [1.54, 1.807) is 19.2 Å². The van der Waals surface area contributed by atoms with Gasteiger partial charge in [-0.2, -0.15) is 11.3 Å². The Kier molecular flexibility index (Phi) is 5.52. The maximum Gasteiger partial charge on any atom is 0.313 e. The molecule has 0 fully saturated rings. The summed E-state index contributed by atoms with van der Waals surface area (Å²) >= 11 is 1.51. The van der Waals surface area contributed by atoms with Crippen LogP contribution in [0, 0.1) is 0 Å². The number of ether oxygens (including phenoxy) is 2. The van der Waals surface area contributed by atoms with Crippen molar-refractivity contribution in [3.63, 3.8) is 0 Å². The summed E-state index contributed by atoms with van der Waals surface area (Å²) in [6.45, 7) is 0. The Morgan fingerprint density at radius 2 is 1.83 bits per heavy atom. The monoisotopic (exact) mass is 333 g/mol. The standard InChI is InChI=1S/C17H19NO4S/c1-21-15-5-3-12(4-6-15)17(18,13-7-8-23-11-13)10-14(19)9-16(20)22-2/h3-8,11H,9-10,18H2,1-2H3. The van der Waals surface area contributed by atoms with Crippen LogP contribution in [0.15, 0.2) is 41.1 Å². The number of thiophene rings is 1. The number of rotatable bonds is 7. The van der Waals surface area contributed by atoms with Gasteiger partial charge < -0.3 is 15.2 Å². The number of benzene rings is 1. The van der Waals surface area contributed by atoms with Crippen molar-refractivity contribution in [3.05, 3.63) is 52.2 Å². The molecule has 23 heavy (non-hydrogen) atoms. The van der Waals surface area contributed by atoms with Crippen molar-refractivity contribution < 1.29 is 19.1 Å². The summed E-state index contributed by atoms with van der Waals surface area (Å²) in [6, 6.07) is 9.16. The Labute approximate surface area is 139 Å². The van der Waals surface area contributed by atoms with Crippen molar-refractivity contribution >= 4 is 23.1 Å².